The molecule has 18 heavy (non-hydrogen) atoms. The molecule has 0 saturated carbocycles. The van der Waals surface area contributed by atoms with E-state index < -0.39 is 0 Å². The van der Waals surface area contributed by atoms with Crippen LogP contribution in [0.2, 0.25) is 24.8 Å². The van der Waals surface area contributed by atoms with Crippen LogP contribution in [0.25, 0.3) is 0 Å². The fourth-order valence-electron chi connectivity index (χ4n) is 2.71. The smallest absolute Gasteiger partial charge is 0.219 e. The van der Waals surface area contributed by atoms with E-state index in [1.165, 1.54) is 0 Å². The van der Waals surface area contributed by atoms with E-state index in [-0.39, 0.29) is 0 Å². The van der Waals surface area contributed by atoms with Crippen molar-refractivity contribution in [3.8, 4) is 0 Å². The Bertz CT molecular complexity index is 251. The van der Waals surface area contributed by atoms with Crippen LogP contribution in [0.4, 0.5) is 0 Å². The molecule has 3 heteroatoms. The third-order valence-corrected chi connectivity index (χ3v) is 3.46. The van der Waals surface area contributed by atoms with Crippen molar-refractivity contribution in [2.45, 2.75) is 58.5 Å². The second-order valence-corrected chi connectivity index (χ2v) is 5.58. The lowest BCUT2D eigenvalue weighted by atomic mass is 9.38. The fraction of sp³-hybridized carbons (Fsp3) is 0.600. The molecule has 1 nitrogen and oxygen atoms in total. The molecule has 0 amide bonds. The highest BCUT2D eigenvalue weighted by molar-refractivity contribution is 6.74. The van der Waals surface area contributed by atoms with Crippen molar-refractivity contribution in [2.24, 2.45) is 0 Å². The molecular formula is C15H29B2N. The highest BCUT2D eigenvalue weighted by atomic mass is 15.0. The van der Waals surface area contributed by atoms with Gasteiger partial charge in [0.1, 0.15) is 0 Å². The van der Waals surface area contributed by atoms with Gasteiger partial charge in [-0.05, 0) is 25.0 Å². The van der Waals surface area contributed by atoms with E-state index >= 15 is 0 Å². The summed E-state index contributed by atoms with van der Waals surface area (Å²) in [5.74, 6) is 0.627. The van der Waals surface area contributed by atoms with Crippen molar-refractivity contribution < 1.29 is 0 Å². The van der Waals surface area contributed by atoms with Crippen molar-refractivity contribution in [3.05, 3.63) is 38.0 Å². The van der Waals surface area contributed by atoms with Gasteiger partial charge in [-0.1, -0.05) is 51.7 Å². The molecule has 0 aliphatic heterocycles. The molecule has 0 atom stereocenters. The van der Waals surface area contributed by atoms with Crippen LogP contribution < -0.4 is 0 Å². The molecule has 0 aromatic rings. The Morgan fingerprint density at radius 3 is 1.61 bits per heavy atom. The SMILES string of the molecule is C=CCB(CC=C)N(B(CC=C)C(C)C)C(C)C. The molecule has 0 unspecified atom stereocenters. The van der Waals surface area contributed by atoms with Crippen LogP contribution >= 0.6 is 0 Å². The normalized spacial score (nSPS) is 10.8. The molecule has 0 N–H and O–H groups in total. The van der Waals surface area contributed by atoms with Crippen LogP contribution in [-0.2, 0) is 0 Å². The first kappa shape index (κ1) is 17.3. The number of allylic oxidation sites excluding steroid dienone is 3. The van der Waals surface area contributed by atoms with Gasteiger partial charge in [-0.15, -0.1) is 19.7 Å². The minimum Gasteiger partial charge on any atom is -0.381 e. The Hall–Kier alpha value is -0.690. The number of nitrogens with zero attached hydrogens (tertiary/aromatic N) is 1. The van der Waals surface area contributed by atoms with Crippen LogP contribution in [0.1, 0.15) is 27.7 Å². The Kier molecular flexibility index (Phi) is 8.91. The van der Waals surface area contributed by atoms with Crippen molar-refractivity contribution >= 4 is 13.7 Å². The van der Waals surface area contributed by atoms with Crippen LogP contribution in [-0.4, -0.2) is 24.5 Å². The summed E-state index contributed by atoms with van der Waals surface area (Å²) < 4.78 is 2.62. The number of hydrogen-bond donors (Lipinski definition) is 0. The maximum atomic E-state index is 3.91. The van der Waals surface area contributed by atoms with E-state index in [1.54, 1.807) is 0 Å². The van der Waals surface area contributed by atoms with Gasteiger partial charge >= 0.3 is 0 Å². The molecule has 0 radical (unpaired) electrons. The zero-order valence-electron chi connectivity index (χ0n) is 12.7. The molecule has 0 aliphatic rings. The molecule has 0 fully saturated rings. The van der Waals surface area contributed by atoms with Crippen molar-refractivity contribution in [1.29, 1.82) is 0 Å². The summed E-state index contributed by atoms with van der Waals surface area (Å²) in [6.45, 7) is 21.9. The van der Waals surface area contributed by atoms with Gasteiger partial charge in [-0.2, -0.15) is 0 Å². The Labute approximate surface area is 115 Å². The first-order chi connectivity index (χ1) is 8.49. The standard InChI is InChI=1S/C15H29B2N/c1-8-11-16(12-9-2)18(15(6)7)17(13-10-3)14(4)5/h8-10,14-15H,1-3,11-13H2,4-7H3. The van der Waals surface area contributed by atoms with E-state index in [2.05, 4.69) is 52.2 Å². The van der Waals surface area contributed by atoms with Gasteiger partial charge in [0.25, 0.3) is 0 Å². The maximum Gasteiger partial charge on any atom is 0.219 e. The predicted molar refractivity (Wildman–Crippen MR) is 88.6 cm³/mol. The topological polar surface area (TPSA) is 3.24 Å². The molecular weight excluding hydrogens is 216 g/mol. The van der Waals surface area contributed by atoms with Gasteiger partial charge in [0.05, 0.1) is 0 Å². The summed E-state index contributed by atoms with van der Waals surface area (Å²) >= 11 is 0. The van der Waals surface area contributed by atoms with E-state index in [4.69, 9.17) is 0 Å². The molecule has 0 bridgehead atoms. The van der Waals surface area contributed by atoms with Gasteiger partial charge in [-0.25, -0.2) is 0 Å². The van der Waals surface area contributed by atoms with E-state index in [0.717, 1.165) is 19.0 Å². The average Bonchev–Trinajstić information content (AvgIpc) is 2.28. The first-order valence-electron chi connectivity index (χ1n) is 7.09. The zero-order chi connectivity index (χ0) is 14.1. The van der Waals surface area contributed by atoms with Crippen LogP contribution in [0, 0.1) is 0 Å². The summed E-state index contributed by atoms with van der Waals surface area (Å²) in [6.07, 6.45) is 9.17. The fourth-order valence-corrected chi connectivity index (χ4v) is 2.71. The van der Waals surface area contributed by atoms with E-state index in [9.17, 15) is 0 Å². The first-order valence-corrected chi connectivity index (χ1v) is 7.09. The summed E-state index contributed by atoms with van der Waals surface area (Å²) in [6, 6.07) is 0.530. The molecule has 0 saturated heterocycles. The number of hydrogen-bond acceptors (Lipinski definition) is 1. The lowest BCUT2D eigenvalue weighted by Gasteiger charge is -2.39. The number of rotatable bonds is 10. The molecule has 0 spiro atoms. The maximum absolute atomic E-state index is 3.91. The summed E-state index contributed by atoms with van der Waals surface area (Å²) in [5, 5.41) is 0. The van der Waals surface area contributed by atoms with Crippen molar-refractivity contribution in [1.82, 2.24) is 4.72 Å². The van der Waals surface area contributed by atoms with Crippen LogP contribution in [0.5, 0.6) is 0 Å². The average molecular weight is 245 g/mol. The second-order valence-electron chi connectivity index (χ2n) is 5.58. The summed E-state index contributed by atoms with van der Waals surface area (Å²) in [5.41, 5.74) is 0. The van der Waals surface area contributed by atoms with Gasteiger partial charge < -0.3 is 4.72 Å². The summed E-state index contributed by atoms with van der Waals surface area (Å²) in [4.78, 5) is 0. The quantitative estimate of drug-likeness (QED) is 0.400. The lowest BCUT2D eigenvalue weighted by Crippen LogP contribution is -2.53. The minimum absolute atomic E-state index is 0.507. The Morgan fingerprint density at radius 2 is 1.33 bits per heavy atom. The highest BCUT2D eigenvalue weighted by Gasteiger charge is 2.33. The second kappa shape index (κ2) is 9.27. The molecule has 0 aromatic heterocycles. The largest absolute Gasteiger partial charge is 0.381 e. The molecule has 0 aromatic carbocycles. The van der Waals surface area contributed by atoms with Gasteiger partial charge in [-0.3, -0.25) is 0 Å². The van der Waals surface area contributed by atoms with Gasteiger partial charge in [0.2, 0.25) is 13.7 Å². The minimum atomic E-state index is 0.507. The van der Waals surface area contributed by atoms with E-state index in [1.807, 2.05) is 18.2 Å². The third-order valence-electron chi connectivity index (χ3n) is 3.46. The Balaban J connectivity index is 5.12. The monoisotopic (exact) mass is 245 g/mol. The van der Waals surface area contributed by atoms with Crippen molar-refractivity contribution in [2.75, 3.05) is 0 Å². The Morgan fingerprint density at radius 1 is 0.889 bits per heavy atom. The zero-order valence-corrected chi connectivity index (χ0v) is 12.7. The van der Waals surface area contributed by atoms with Crippen molar-refractivity contribution in [3.63, 3.8) is 0 Å². The van der Waals surface area contributed by atoms with Gasteiger partial charge in [0, 0.05) is 0 Å². The van der Waals surface area contributed by atoms with Gasteiger partial charge in [0.15, 0.2) is 0 Å². The van der Waals surface area contributed by atoms with Crippen LogP contribution in [0.3, 0.4) is 0 Å². The lowest BCUT2D eigenvalue weighted by molar-refractivity contribution is 0.514. The predicted octanol–water partition coefficient (Wildman–Crippen LogP) is 4.65. The van der Waals surface area contributed by atoms with Crippen LogP contribution in [0.15, 0.2) is 38.0 Å². The molecule has 0 rings (SSSR count). The van der Waals surface area contributed by atoms with E-state index in [0.29, 0.717) is 25.6 Å². The molecule has 100 valence electrons. The summed E-state index contributed by atoms with van der Waals surface area (Å²) in [7, 11) is 0. The third kappa shape index (κ3) is 5.30. The molecule has 0 heterocycles. The highest BCUT2D eigenvalue weighted by Crippen LogP contribution is 2.23. The molecule has 0 aliphatic carbocycles.